The molecule has 0 aromatic heterocycles. The number of ether oxygens (including phenoxy) is 1. The molecule has 1 N–H and O–H groups in total. The highest BCUT2D eigenvalue weighted by atomic mass is 16.5. The number of carbonyl (C=O) groups is 1. The van der Waals surface area contributed by atoms with Crippen molar-refractivity contribution in [1.82, 2.24) is 4.90 Å². The van der Waals surface area contributed by atoms with Gasteiger partial charge in [-0.05, 0) is 31.0 Å². The normalized spacial score (nSPS) is 15.3. The fourth-order valence-electron chi connectivity index (χ4n) is 1.94. The molecule has 1 heterocycles. The Morgan fingerprint density at radius 3 is 2.94 bits per heavy atom. The fourth-order valence-corrected chi connectivity index (χ4v) is 1.94. The second-order valence-corrected chi connectivity index (χ2v) is 4.72. The maximum atomic E-state index is 11.6. The third-order valence-corrected chi connectivity index (χ3v) is 3.01. The van der Waals surface area contributed by atoms with Gasteiger partial charge < -0.3 is 14.7 Å². The van der Waals surface area contributed by atoms with Crippen molar-refractivity contribution >= 4 is 5.91 Å². The lowest BCUT2D eigenvalue weighted by atomic mass is 10.1. The summed E-state index contributed by atoms with van der Waals surface area (Å²) in [6, 6.07) is 7.87. The molecule has 4 nitrogen and oxygen atoms in total. The molecule has 2 rings (SSSR count). The number of hydrogen-bond donors (Lipinski definition) is 1. The first-order valence-corrected chi connectivity index (χ1v) is 6.30. The minimum absolute atomic E-state index is 0.105. The molecule has 0 bridgehead atoms. The number of hydrogen-bond acceptors (Lipinski definition) is 3. The number of likely N-dealkylation sites (tertiary alicyclic amines) is 1. The summed E-state index contributed by atoms with van der Waals surface area (Å²) in [6.45, 7) is 3.53. The summed E-state index contributed by atoms with van der Waals surface area (Å²) in [5.41, 5.74) is 1.16. The maximum absolute atomic E-state index is 11.6. The van der Waals surface area contributed by atoms with Crippen LogP contribution in [0.15, 0.2) is 24.3 Å². The van der Waals surface area contributed by atoms with E-state index in [0.717, 1.165) is 11.3 Å². The Bertz CT molecular complexity index is 413. The number of β-amino-alcohol motifs (C(OH)–C–C–N with tert-alkyl or cyclic N) is 1. The molecule has 0 aliphatic carbocycles. The Morgan fingerprint density at radius 1 is 1.50 bits per heavy atom. The van der Waals surface area contributed by atoms with Gasteiger partial charge in [0.1, 0.15) is 5.75 Å². The van der Waals surface area contributed by atoms with Gasteiger partial charge in [0, 0.05) is 19.5 Å². The lowest BCUT2D eigenvalue weighted by Gasteiger charge is -2.35. The van der Waals surface area contributed by atoms with E-state index in [1.165, 1.54) is 0 Å². The summed E-state index contributed by atoms with van der Waals surface area (Å²) in [4.78, 5) is 13.3. The molecule has 1 aliphatic heterocycles. The maximum Gasteiger partial charge on any atom is 0.222 e. The van der Waals surface area contributed by atoms with E-state index in [4.69, 9.17) is 9.84 Å². The van der Waals surface area contributed by atoms with E-state index in [-0.39, 0.29) is 12.0 Å². The van der Waals surface area contributed by atoms with Crippen molar-refractivity contribution in [3.05, 3.63) is 29.8 Å². The van der Waals surface area contributed by atoms with Crippen molar-refractivity contribution in [3.63, 3.8) is 0 Å². The lowest BCUT2D eigenvalue weighted by molar-refractivity contribution is -0.141. The monoisotopic (exact) mass is 249 g/mol. The predicted octanol–water partition coefficient (Wildman–Crippen LogP) is 1.36. The summed E-state index contributed by atoms with van der Waals surface area (Å²) in [5, 5.41) is 9.09. The van der Waals surface area contributed by atoms with Crippen LogP contribution in [0.3, 0.4) is 0 Å². The van der Waals surface area contributed by atoms with E-state index in [0.29, 0.717) is 32.5 Å². The molecule has 0 radical (unpaired) electrons. The number of amides is 1. The van der Waals surface area contributed by atoms with Gasteiger partial charge in [0.05, 0.1) is 12.7 Å². The number of rotatable bonds is 5. The van der Waals surface area contributed by atoms with Crippen LogP contribution in [0, 0.1) is 6.92 Å². The molecule has 0 atom stereocenters. The highest BCUT2D eigenvalue weighted by Crippen LogP contribution is 2.14. The third-order valence-electron chi connectivity index (χ3n) is 3.01. The summed E-state index contributed by atoms with van der Waals surface area (Å²) < 4.78 is 5.57. The number of aliphatic hydroxyl groups excluding tert-OH is 1. The molecule has 18 heavy (non-hydrogen) atoms. The number of aryl methyl sites for hydroxylation is 1. The number of aliphatic hydroxyl groups is 1. The summed E-state index contributed by atoms with van der Waals surface area (Å²) in [7, 11) is 0. The van der Waals surface area contributed by atoms with Gasteiger partial charge >= 0.3 is 0 Å². The van der Waals surface area contributed by atoms with Crippen LogP contribution in [-0.4, -0.2) is 41.7 Å². The van der Waals surface area contributed by atoms with Gasteiger partial charge in [0.15, 0.2) is 0 Å². The average molecular weight is 249 g/mol. The van der Waals surface area contributed by atoms with Gasteiger partial charge in [-0.25, -0.2) is 0 Å². The van der Waals surface area contributed by atoms with E-state index < -0.39 is 0 Å². The molecule has 4 heteroatoms. The first-order chi connectivity index (χ1) is 8.65. The Balaban J connectivity index is 1.62. The summed E-state index contributed by atoms with van der Waals surface area (Å²) >= 11 is 0. The van der Waals surface area contributed by atoms with E-state index >= 15 is 0 Å². The van der Waals surface area contributed by atoms with Gasteiger partial charge in [0.25, 0.3) is 0 Å². The molecule has 98 valence electrons. The van der Waals surface area contributed by atoms with Crippen molar-refractivity contribution < 1.29 is 14.6 Å². The summed E-state index contributed by atoms with van der Waals surface area (Å²) in [5.74, 6) is 0.954. The SMILES string of the molecule is Cc1cccc(OCCCC(=O)N2CC(O)C2)c1. The molecule has 0 saturated carbocycles. The zero-order valence-electron chi connectivity index (χ0n) is 10.6. The van der Waals surface area contributed by atoms with E-state index in [2.05, 4.69) is 0 Å². The van der Waals surface area contributed by atoms with Crippen LogP contribution in [0.2, 0.25) is 0 Å². The minimum atomic E-state index is -0.322. The number of nitrogens with zero attached hydrogens (tertiary/aromatic N) is 1. The molecule has 1 saturated heterocycles. The second kappa shape index (κ2) is 5.87. The Labute approximate surface area is 107 Å². The van der Waals surface area contributed by atoms with Gasteiger partial charge in [-0.15, -0.1) is 0 Å². The van der Waals surface area contributed by atoms with Gasteiger partial charge in [-0.1, -0.05) is 12.1 Å². The predicted molar refractivity (Wildman–Crippen MR) is 68.5 cm³/mol. The molecule has 0 spiro atoms. The van der Waals surface area contributed by atoms with Gasteiger partial charge in [0.2, 0.25) is 5.91 Å². The van der Waals surface area contributed by atoms with Crippen molar-refractivity contribution in [1.29, 1.82) is 0 Å². The van der Waals surface area contributed by atoms with Crippen molar-refractivity contribution in [3.8, 4) is 5.75 Å². The standard InChI is InChI=1S/C14H19NO3/c1-11-4-2-5-13(8-11)18-7-3-6-14(17)15-9-12(16)10-15/h2,4-5,8,12,16H,3,6-7,9-10H2,1H3. The molecular weight excluding hydrogens is 230 g/mol. The average Bonchev–Trinajstić information content (AvgIpc) is 2.30. The van der Waals surface area contributed by atoms with E-state index in [1.54, 1.807) is 4.90 Å². The quantitative estimate of drug-likeness (QED) is 0.802. The zero-order chi connectivity index (χ0) is 13.0. The Morgan fingerprint density at radius 2 is 2.28 bits per heavy atom. The zero-order valence-corrected chi connectivity index (χ0v) is 10.6. The first kappa shape index (κ1) is 12.9. The van der Waals surface area contributed by atoms with Crippen LogP contribution in [0.5, 0.6) is 5.75 Å². The van der Waals surface area contributed by atoms with Crippen molar-refractivity contribution in [2.45, 2.75) is 25.9 Å². The molecule has 1 aromatic carbocycles. The molecule has 1 fully saturated rings. The Kier molecular flexibility index (Phi) is 4.20. The van der Waals surface area contributed by atoms with E-state index in [1.807, 2.05) is 31.2 Å². The number of carbonyl (C=O) groups excluding carboxylic acids is 1. The first-order valence-electron chi connectivity index (χ1n) is 6.30. The fraction of sp³-hybridized carbons (Fsp3) is 0.500. The largest absolute Gasteiger partial charge is 0.494 e. The minimum Gasteiger partial charge on any atom is -0.494 e. The van der Waals surface area contributed by atoms with Gasteiger partial charge in [-0.3, -0.25) is 4.79 Å². The number of benzene rings is 1. The third kappa shape index (κ3) is 3.47. The smallest absolute Gasteiger partial charge is 0.222 e. The van der Waals surface area contributed by atoms with Crippen LogP contribution in [0.25, 0.3) is 0 Å². The summed E-state index contributed by atoms with van der Waals surface area (Å²) in [6.07, 6.45) is 0.871. The van der Waals surface area contributed by atoms with Crippen LogP contribution < -0.4 is 4.74 Å². The molecule has 0 unspecified atom stereocenters. The highest BCUT2D eigenvalue weighted by Gasteiger charge is 2.27. The highest BCUT2D eigenvalue weighted by molar-refractivity contribution is 5.77. The second-order valence-electron chi connectivity index (χ2n) is 4.72. The molecule has 1 aliphatic rings. The molecule has 1 aromatic rings. The van der Waals surface area contributed by atoms with Crippen LogP contribution >= 0.6 is 0 Å². The topological polar surface area (TPSA) is 49.8 Å². The molecular formula is C14H19NO3. The van der Waals surface area contributed by atoms with Gasteiger partial charge in [-0.2, -0.15) is 0 Å². The molecule has 1 amide bonds. The lowest BCUT2D eigenvalue weighted by Crippen LogP contribution is -2.53. The Hall–Kier alpha value is -1.55. The van der Waals surface area contributed by atoms with Crippen LogP contribution in [0.1, 0.15) is 18.4 Å². The van der Waals surface area contributed by atoms with Crippen LogP contribution in [-0.2, 0) is 4.79 Å². The van der Waals surface area contributed by atoms with Crippen molar-refractivity contribution in [2.24, 2.45) is 0 Å². The van der Waals surface area contributed by atoms with Crippen molar-refractivity contribution in [2.75, 3.05) is 19.7 Å². The van der Waals surface area contributed by atoms with E-state index in [9.17, 15) is 4.79 Å². The van der Waals surface area contributed by atoms with Crippen LogP contribution in [0.4, 0.5) is 0 Å².